The summed E-state index contributed by atoms with van der Waals surface area (Å²) in [4.78, 5) is 26.5. The predicted octanol–water partition coefficient (Wildman–Crippen LogP) is 3.30. The maximum atomic E-state index is 14.5. The van der Waals surface area contributed by atoms with E-state index < -0.39 is 29.3 Å². The molecule has 1 saturated carbocycles. The minimum absolute atomic E-state index is 0.00131. The van der Waals surface area contributed by atoms with Crippen molar-refractivity contribution in [2.75, 3.05) is 11.4 Å². The minimum atomic E-state index is -0.985. The number of amides is 3. The zero-order valence-corrected chi connectivity index (χ0v) is 13.7. The van der Waals surface area contributed by atoms with Gasteiger partial charge in [-0.05, 0) is 37.1 Å². The van der Waals surface area contributed by atoms with Crippen LogP contribution in [0, 0.1) is 23.5 Å². The number of anilines is 1. The Morgan fingerprint density at radius 3 is 2.15 bits per heavy atom. The Morgan fingerprint density at radius 2 is 1.54 bits per heavy atom. The molecule has 0 radical (unpaired) electrons. The van der Waals surface area contributed by atoms with Gasteiger partial charge in [-0.25, -0.2) is 18.5 Å². The van der Waals surface area contributed by atoms with E-state index in [9.17, 15) is 18.4 Å². The van der Waals surface area contributed by atoms with E-state index in [1.54, 1.807) is 12.1 Å². The van der Waals surface area contributed by atoms with Gasteiger partial charge in [0.25, 0.3) is 5.91 Å². The molecule has 0 aromatic heterocycles. The second-order valence-corrected chi connectivity index (χ2v) is 6.28. The summed E-state index contributed by atoms with van der Waals surface area (Å²) in [7, 11) is 0. The van der Waals surface area contributed by atoms with Crippen LogP contribution in [0.1, 0.15) is 24.0 Å². The molecule has 4 rings (SSSR count). The number of nitrogens with zero attached hydrogens (tertiary/aromatic N) is 2. The maximum absolute atomic E-state index is 14.5. The Morgan fingerprint density at radius 1 is 0.923 bits per heavy atom. The van der Waals surface area contributed by atoms with Crippen LogP contribution < -0.4 is 4.90 Å². The molecule has 6 heteroatoms. The Hall–Kier alpha value is -3.20. The van der Waals surface area contributed by atoms with Crippen molar-refractivity contribution in [3.8, 4) is 11.8 Å². The monoisotopic (exact) mass is 352 g/mol. The highest BCUT2D eigenvalue weighted by atomic mass is 19.1. The lowest BCUT2D eigenvalue weighted by molar-refractivity contribution is -0.116. The predicted molar refractivity (Wildman–Crippen MR) is 91.4 cm³/mol. The molecule has 2 fully saturated rings. The number of hydrogen-bond acceptors (Lipinski definition) is 2. The summed E-state index contributed by atoms with van der Waals surface area (Å²) in [6.45, 7) is -0.141. The molecular formula is C20H14F2N2O2. The topological polar surface area (TPSA) is 40.6 Å². The fourth-order valence-electron chi connectivity index (χ4n) is 2.93. The number of hydrogen-bond donors (Lipinski definition) is 0. The van der Waals surface area contributed by atoms with Crippen molar-refractivity contribution >= 4 is 17.6 Å². The quantitative estimate of drug-likeness (QED) is 0.615. The highest BCUT2D eigenvalue weighted by Crippen LogP contribution is 2.34. The van der Waals surface area contributed by atoms with Crippen LogP contribution in [0.15, 0.2) is 42.5 Å². The van der Waals surface area contributed by atoms with Crippen LogP contribution in [0.25, 0.3) is 0 Å². The van der Waals surface area contributed by atoms with Gasteiger partial charge in [-0.15, -0.1) is 0 Å². The number of benzene rings is 2. The highest BCUT2D eigenvalue weighted by molar-refractivity contribution is 6.20. The Bertz CT molecular complexity index is 936. The molecular weight excluding hydrogens is 338 g/mol. The van der Waals surface area contributed by atoms with Crippen LogP contribution in [0.5, 0.6) is 0 Å². The van der Waals surface area contributed by atoms with Crippen LogP contribution in [0.4, 0.5) is 19.3 Å². The summed E-state index contributed by atoms with van der Waals surface area (Å²) in [5.41, 5.74) is 0.210. The van der Waals surface area contributed by atoms with Crippen molar-refractivity contribution in [3.05, 3.63) is 65.2 Å². The van der Waals surface area contributed by atoms with Gasteiger partial charge < -0.3 is 4.90 Å². The minimum Gasteiger partial charge on any atom is -0.312 e. The zero-order chi connectivity index (χ0) is 18.3. The number of rotatable bonds is 2. The van der Waals surface area contributed by atoms with Crippen LogP contribution in [-0.4, -0.2) is 29.4 Å². The number of carbonyl (C=O) groups is 2. The lowest BCUT2D eigenvalue weighted by Gasteiger charge is -2.17. The fourth-order valence-corrected chi connectivity index (χ4v) is 2.93. The first-order valence-corrected chi connectivity index (χ1v) is 8.24. The molecule has 4 nitrogen and oxygen atoms in total. The molecule has 2 aliphatic rings. The number of halogens is 2. The average molecular weight is 352 g/mol. The third kappa shape index (κ3) is 2.92. The van der Waals surface area contributed by atoms with Gasteiger partial charge in [0.15, 0.2) is 11.6 Å². The second-order valence-electron chi connectivity index (χ2n) is 6.28. The summed E-state index contributed by atoms with van der Waals surface area (Å²) in [6.07, 6.45) is 1.62. The average Bonchev–Trinajstić information content (AvgIpc) is 3.42. The normalized spacial score (nSPS) is 16.7. The van der Waals surface area contributed by atoms with Gasteiger partial charge in [-0.2, -0.15) is 0 Å². The lowest BCUT2D eigenvalue weighted by Crippen LogP contribution is -2.35. The largest absolute Gasteiger partial charge is 0.332 e. The standard InChI is InChI=1S/C20H14F2N2O2/c21-16-10-14(7-6-13-4-2-1-3-5-13)11-17(22)19(16)24-18(25)12-23(20(24)26)15-8-9-15/h1-5,10-11,15H,8-9,12H2. The Balaban J connectivity index is 1.65. The van der Waals surface area contributed by atoms with E-state index in [-0.39, 0.29) is 18.2 Å². The van der Waals surface area contributed by atoms with Crippen LogP contribution in [-0.2, 0) is 4.79 Å². The van der Waals surface area contributed by atoms with E-state index in [0.717, 1.165) is 25.0 Å². The number of carbonyl (C=O) groups excluding carboxylic acids is 2. The van der Waals surface area contributed by atoms with Gasteiger partial charge in [0.1, 0.15) is 12.2 Å². The van der Waals surface area contributed by atoms with Crippen LogP contribution in [0.2, 0.25) is 0 Å². The molecule has 0 N–H and O–H groups in total. The van der Waals surface area contributed by atoms with Crippen molar-refractivity contribution in [3.63, 3.8) is 0 Å². The molecule has 2 aromatic rings. The maximum Gasteiger partial charge on any atom is 0.332 e. The second kappa shape index (κ2) is 6.26. The number of urea groups is 1. The molecule has 1 aliphatic heterocycles. The van der Waals surface area contributed by atoms with E-state index in [0.29, 0.717) is 10.5 Å². The molecule has 1 saturated heterocycles. The SMILES string of the molecule is O=C1CN(C2CC2)C(=O)N1c1c(F)cc(C#Cc2ccccc2)cc1F. The Labute approximate surface area is 149 Å². The molecule has 1 aliphatic carbocycles. The first-order chi connectivity index (χ1) is 12.5. The van der Waals surface area contributed by atoms with Crippen molar-refractivity contribution in [1.29, 1.82) is 0 Å². The van der Waals surface area contributed by atoms with Crippen molar-refractivity contribution in [1.82, 2.24) is 4.90 Å². The molecule has 0 unspecified atom stereocenters. The molecule has 0 spiro atoms. The van der Waals surface area contributed by atoms with Crippen LogP contribution in [0.3, 0.4) is 0 Å². The third-order valence-electron chi connectivity index (χ3n) is 4.35. The van der Waals surface area contributed by atoms with E-state index in [4.69, 9.17) is 0 Å². The third-order valence-corrected chi connectivity index (χ3v) is 4.35. The first kappa shape index (κ1) is 16.3. The van der Waals surface area contributed by atoms with Gasteiger partial charge in [-0.3, -0.25) is 4.79 Å². The summed E-state index contributed by atoms with van der Waals surface area (Å²) in [5.74, 6) is 2.91. The van der Waals surface area contributed by atoms with E-state index in [2.05, 4.69) is 11.8 Å². The Kier molecular flexibility index (Phi) is 3.92. The number of imide groups is 1. The summed E-state index contributed by atoms with van der Waals surface area (Å²) >= 11 is 0. The lowest BCUT2D eigenvalue weighted by atomic mass is 10.1. The van der Waals surface area contributed by atoms with Crippen LogP contribution >= 0.6 is 0 Å². The molecule has 26 heavy (non-hydrogen) atoms. The van der Waals surface area contributed by atoms with Crippen molar-refractivity contribution < 1.29 is 18.4 Å². The van der Waals surface area contributed by atoms with E-state index >= 15 is 0 Å². The van der Waals surface area contributed by atoms with Crippen molar-refractivity contribution in [2.45, 2.75) is 18.9 Å². The van der Waals surface area contributed by atoms with E-state index in [1.807, 2.05) is 18.2 Å². The van der Waals surface area contributed by atoms with Gasteiger partial charge in [-0.1, -0.05) is 30.0 Å². The fraction of sp³-hybridized carbons (Fsp3) is 0.200. The van der Waals surface area contributed by atoms with E-state index in [1.165, 1.54) is 4.90 Å². The van der Waals surface area contributed by atoms with Gasteiger partial charge in [0, 0.05) is 17.2 Å². The molecule has 2 aromatic carbocycles. The van der Waals surface area contributed by atoms with Gasteiger partial charge in [0.05, 0.1) is 0 Å². The van der Waals surface area contributed by atoms with Gasteiger partial charge >= 0.3 is 6.03 Å². The molecule has 3 amide bonds. The molecule has 0 bridgehead atoms. The first-order valence-electron chi connectivity index (χ1n) is 8.24. The van der Waals surface area contributed by atoms with Gasteiger partial charge in [0.2, 0.25) is 0 Å². The molecule has 0 atom stereocenters. The summed E-state index contributed by atoms with van der Waals surface area (Å²) in [6, 6.07) is 10.4. The molecule has 130 valence electrons. The highest BCUT2D eigenvalue weighted by Gasteiger charge is 2.46. The summed E-state index contributed by atoms with van der Waals surface area (Å²) in [5, 5.41) is 0. The zero-order valence-electron chi connectivity index (χ0n) is 13.7. The summed E-state index contributed by atoms with van der Waals surface area (Å²) < 4.78 is 29.0. The smallest absolute Gasteiger partial charge is 0.312 e. The van der Waals surface area contributed by atoms with Crippen molar-refractivity contribution in [2.24, 2.45) is 0 Å². The molecule has 1 heterocycles.